The van der Waals surface area contributed by atoms with E-state index in [1.165, 1.54) is 16.4 Å². The number of benzene rings is 2. The molecule has 24 heavy (non-hydrogen) atoms. The maximum atomic E-state index is 4.83. The number of hydrogen-bond donors (Lipinski definition) is 0. The van der Waals surface area contributed by atoms with Crippen molar-refractivity contribution in [1.29, 1.82) is 0 Å². The van der Waals surface area contributed by atoms with Gasteiger partial charge in [0.25, 0.3) is 0 Å². The van der Waals surface area contributed by atoms with Crippen molar-refractivity contribution in [3.8, 4) is 11.1 Å². The van der Waals surface area contributed by atoms with Gasteiger partial charge < -0.3 is 0 Å². The normalized spacial score (nSPS) is 12.4. The van der Waals surface area contributed by atoms with Crippen molar-refractivity contribution in [1.82, 2.24) is 0 Å². The fourth-order valence-electron chi connectivity index (χ4n) is 3.33. The summed E-state index contributed by atoms with van der Waals surface area (Å²) in [5, 5.41) is 1.79. The van der Waals surface area contributed by atoms with Crippen molar-refractivity contribution in [2.75, 3.05) is 0 Å². The second kappa shape index (κ2) is 8.47. The third-order valence-corrected chi connectivity index (χ3v) is 10.4. The molecule has 0 amide bonds. The summed E-state index contributed by atoms with van der Waals surface area (Å²) in [7, 11) is 2.90. The molecule has 0 radical (unpaired) electrons. The predicted molar refractivity (Wildman–Crippen MR) is 109 cm³/mol. The molecular formula is C21H29ClPPd+. The molecule has 3 heteroatoms. The van der Waals surface area contributed by atoms with Gasteiger partial charge in [-0.2, -0.15) is 6.66 Å². The average Bonchev–Trinajstić information content (AvgIpc) is 2.55. The van der Waals surface area contributed by atoms with Crippen molar-refractivity contribution >= 4 is 22.1 Å². The maximum absolute atomic E-state index is 4.83. The SMILES string of the molecule is [CH2-][P+](c1cccc(-c2ccccc2)c1)(C(C)(C)C)C(C)(C)C.[Cl][Pd+]. The van der Waals surface area contributed by atoms with Crippen LogP contribution in [0, 0.1) is 6.66 Å². The quantitative estimate of drug-likeness (QED) is 0.259. The first kappa shape index (κ1) is 21.9. The summed E-state index contributed by atoms with van der Waals surface area (Å²) >= 11 is 2.22. The van der Waals surface area contributed by atoms with Crippen molar-refractivity contribution < 1.29 is 18.2 Å². The van der Waals surface area contributed by atoms with Crippen LogP contribution in [0.2, 0.25) is 0 Å². The van der Waals surface area contributed by atoms with Gasteiger partial charge in [-0.1, -0.05) is 49.7 Å². The molecule has 0 aromatic heterocycles. The van der Waals surface area contributed by atoms with E-state index in [1.807, 2.05) is 0 Å². The molecule has 0 bridgehead atoms. The molecule has 0 fully saturated rings. The van der Waals surface area contributed by atoms with Gasteiger partial charge in [0.15, 0.2) is 0 Å². The molecule has 2 rings (SSSR count). The topological polar surface area (TPSA) is 0 Å². The fourth-order valence-corrected chi connectivity index (χ4v) is 7.60. The minimum atomic E-state index is -1.59. The van der Waals surface area contributed by atoms with Gasteiger partial charge in [0, 0.05) is 0 Å². The summed E-state index contributed by atoms with van der Waals surface area (Å²) in [6, 6.07) is 19.7. The Morgan fingerprint density at radius 1 is 0.750 bits per heavy atom. The van der Waals surface area contributed by atoms with Gasteiger partial charge in [-0.05, 0) is 64.8 Å². The van der Waals surface area contributed by atoms with Crippen LogP contribution < -0.4 is 5.30 Å². The third-order valence-electron chi connectivity index (χ3n) is 4.68. The standard InChI is InChI=1S/C21H29P.ClH.Pd/c1-20(2,3)22(7,21(4,5)6)19-15-11-14-18(16-19)17-12-9-8-10-13-17;;/h8-16H,7H2,1-6H3;1H;/q;;+2/p-1. The molecule has 0 unspecified atom stereocenters. The zero-order valence-electron chi connectivity index (χ0n) is 15.5. The summed E-state index contributed by atoms with van der Waals surface area (Å²) in [5.74, 6) is 0. The molecule has 2 aromatic carbocycles. The number of hydrogen-bond acceptors (Lipinski definition) is 0. The van der Waals surface area contributed by atoms with Crippen LogP contribution in [0.3, 0.4) is 0 Å². The summed E-state index contributed by atoms with van der Waals surface area (Å²) < 4.78 is 0. The summed E-state index contributed by atoms with van der Waals surface area (Å²) in [4.78, 5) is 0. The molecule has 2 aromatic rings. The summed E-state index contributed by atoms with van der Waals surface area (Å²) in [5.41, 5.74) is 2.57. The van der Waals surface area contributed by atoms with E-state index in [0.717, 1.165) is 0 Å². The van der Waals surface area contributed by atoms with E-state index < -0.39 is 7.26 Å². The summed E-state index contributed by atoms with van der Waals surface area (Å²) in [6.45, 7) is 18.9. The second-order valence-electron chi connectivity index (χ2n) is 8.07. The van der Waals surface area contributed by atoms with Crippen molar-refractivity contribution in [3.05, 3.63) is 61.3 Å². The van der Waals surface area contributed by atoms with Crippen LogP contribution in [0.1, 0.15) is 41.5 Å². The van der Waals surface area contributed by atoms with Gasteiger partial charge in [-0.15, -0.1) is 0 Å². The van der Waals surface area contributed by atoms with Crippen LogP contribution in [0.15, 0.2) is 54.6 Å². The molecule has 0 N–H and O–H groups in total. The van der Waals surface area contributed by atoms with Gasteiger partial charge in [0.1, 0.15) is 0 Å². The van der Waals surface area contributed by atoms with E-state index in [9.17, 15) is 0 Å². The van der Waals surface area contributed by atoms with E-state index >= 15 is 0 Å². The van der Waals surface area contributed by atoms with Gasteiger partial charge in [-0.3, -0.25) is 0 Å². The second-order valence-corrected chi connectivity index (χ2v) is 12.9. The van der Waals surface area contributed by atoms with E-state index in [-0.39, 0.29) is 10.3 Å². The zero-order chi connectivity index (χ0) is 18.6. The third kappa shape index (κ3) is 4.51. The Bertz CT molecular complexity index is 625. The molecule has 0 aliphatic rings. The average molecular weight is 454 g/mol. The monoisotopic (exact) mass is 453 g/mol. The van der Waals surface area contributed by atoms with Crippen molar-refractivity contribution in [2.24, 2.45) is 0 Å². The molecule has 0 saturated heterocycles. The zero-order valence-corrected chi connectivity index (χ0v) is 18.7. The first-order valence-corrected chi connectivity index (χ1v) is 12.1. The first-order chi connectivity index (χ1) is 11.1. The van der Waals surface area contributed by atoms with Crippen molar-refractivity contribution in [2.45, 2.75) is 51.9 Å². The molecule has 0 heterocycles. The van der Waals surface area contributed by atoms with Crippen molar-refractivity contribution in [3.63, 3.8) is 0 Å². The first-order valence-electron chi connectivity index (χ1n) is 8.09. The fraction of sp³-hybridized carbons (Fsp3) is 0.381. The minimum absolute atomic E-state index is 0.181. The number of halogens is 1. The molecule has 0 nitrogen and oxygen atoms in total. The molecule has 0 aliphatic heterocycles. The van der Waals surface area contributed by atoms with E-state index in [4.69, 9.17) is 6.66 Å². The van der Waals surface area contributed by atoms with E-state index in [0.29, 0.717) is 0 Å². The molecule has 0 atom stereocenters. The Balaban J connectivity index is 0.00000139. The molecular weight excluding hydrogens is 425 g/mol. The van der Waals surface area contributed by atoms with Crippen LogP contribution in [0.5, 0.6) is 0 Å². The van der Waals surface area contributed by atoms with Gasteiger partial charge in [-0.25, -0.2) is 0 Å². The van der Waals surface area contributed by atoms with Gasteiger partial charge >= 0.3 is 27.7 Å². The Morgan fingerprint density at radius 3 is 1.67 bits per heavy atom. The Morgan fingerprint density at radius 2 is 1.21 bits per heavy atom. The molecule has 0 saturated carbocycles. The van der Waals surface area contributed by atoms with Gasteiger partial charge in [0.05, 0.1) is 15.6 Å². The number of rotatable bonds is 2. The molecule has 134 valence electrons. The van der Waals surface area contributed by atoms with E-state index in [1.54, 1.807) is 0 Å². The van der Waals surface area contributed by atoms with Crippen LogP contribution in [-0.4, -0.2) is 10.3 Å². The van der Waals surface area contributed by atoms with E-state index in [2.05, 4.69) is 124 Å². The van der Waals surface area contributed by atoms with Crippen LogP contribution >= 0.6 is 16.8 Å². The Kier molecular flexibility index (Phi) is 7.72. The Hall–Kier alpha value is -0.178. The van der Waals surface area contributed by atoms with Crippen LogP contribution in [-0.2, 0) is 18.2 Å². The summed E-state index contributed by atoms with van der Waals surface area (Å²) in [6.07, 6.45) is 0. The van der Waals surface area contributed by atoms with Crippen LogP contribution in [0.4, 0.5) is 0 Å². The predicted octanol–water partition coefficient (Wildman–Crippen LogP) is 7.07. The molecule has 0 aliphatic carbocycles. The Labute approximate surface area is 164 Å². The van der Waals surface area contributed by atoms with Crippen LogP contribution in [0.25, 0.3) is 11.1 Å². The van der Waals surface area contributed by atoms with Gasteiger partial charge in [0.2, 0.25) is 0 Å². The molecule has 0 spiro atoms.